The molecule has 31 heavy (non-hydrogen) atoms. The van der Waals surface area contributed by atoms with Gasteiger partial charge in [0.25, 0.3) is 0 Å². The third kappa shape index (κ3) is 5.46. The highest BCUT2D eigenvalue weighted by Crippen LogP contribution is 2.38. The van der Waals surface area contributed by atoms with Gasteiger partial charge in [-0.2, -0.15) is 0 Å². The van der Waals surface area contributed by atoms with Crippen LogP contribution in [-0.2, 0) is 9.59 Å². The molecule has 1 heterocycles. The van der Waals surface area contributed by atoms with Gasteiger partial charge >= 0.3 is 12.5 Å². The molecule has 1 fully saturated rings. The van der Waals surface area contributed by atoms with Gasteiger partial charge in [-0.05, 0) is 18.2 Å². The van der Waals surface area contributed by atoms with E-state index in [9.17, 15) is 32.7 Å². The molecule has 3 rings (SSSR count). The maximum absolute atomic E-state index is 12.7. The molecule has 0 radical (unpaired) electrons. The molecule has 0 spiro atoms. The van der Waals surface area contributed by atoms with E-state index in [1.807, 2.05) is 0 Å². The van der Waals surface area contributed by atoms with Crippen LogP contribution in [0.4, 0.5) is 23.7 Å². The van der Waals surface area contributed by atoms with Crippen LogP contribution in [0.5, 0.6) is 5.75 Å². The summed E-state index contributed by atoms with van der Waals surface area (Å²) >= 11 is 6.23. The molecule has 0 aliphatic carbocycles. The second kappa shape index (κ2) is 8.84. The Balaban J connectivity index is 1.83. The van der Waals surface area contributed by atoms with E-state index in [0.717, 1.165) is 11.0 Å². The van der Waals surface area contributed by atoms with Gasteiger partial charge in [-0.3, -0.25) is 14.5 Å². The van der Waals surface area contributed by atoms with Crippen LogP contribution in [0.25, 0.3) is 11.1 Å². The normalized spacial score (nSPS) is 16.7. The van der Waals surface area contributed by atoms with E-state index >= 15 is 0 Å². The Kier molecular flexibility index (Phi) is 6.40. The number of rotatable bonds is 4. The lowest BCUT2D eigenvalue weighted by Crippen LogP contribution is -2.51. The molecule has 1 atom stereocenters. The molecule has 2 N–H and O–H groups in total. The quantitative estimate of drug-likeness (QED) is 0.703. The van der Waals surface area contributed by atoms with Gasteiger partial charge in [0.2, 0.25) is 5.91 Å². The first-order chi connectivity index (χ1) is 14.5. The van der Waals surface area contributed by atoms with Gasteiger partial charge in [-0.15, -0.1) is 13.2 Å². The van der Waals surface area contributed by atoms with Crippen molar-refractivity contribution in [1.29, 1.82) is 0 Å². The number of carboxylic acid groups (broad SMARTS) is 1. The molecule has 11 heteroatoms. The predicted molar refractivity (Wildman–Crippen MR) is 105 cm³/mol. The van der Waals surface area contributed by atoms with E-state index in [2.05, 4.69) is 10.1 Å². The predicted octanol–water partition coefficient (Wildman–Crippen LogP) is 4.56. The first-order valence-electron chi connectivity index (χ1n) is 9.02. The van der Waals surface area contributed by atoms with Crippen molar-refractivity contribution in [2.75, 3.05) is 11.9 Å². The summed E-state index contributed by atoms with van der Waals surface area (Å²) in [6.45, 7) is -0.0814. The Hall–Kier alpha value is -3.27. The number of amides is 2. The zero-order valence-corrected chi connectivity index (χ0v) is 16.5. The average Bonchev–Trinajstić information content (AvgIpc) is 2.67. The Morgan fingerprint density at radius 1 is 1.16 bits per heavy atom. The Labute approximate surface area is 179 Å². The largest absolute Gasteiger partial charge is 0.573 e. The number of nitrogens with one attached hydrogen (secondary N) is 1. The van der Waals surface area contributed by atoms with Crippen LogP contribution in [-0.4, -0.2) is 46.7 Å². The van der Waals surface area contributed by atoms with Crippen molar-refractivity contribution in [3.05, 3.63) is 47.5 Å². The van der Waals surface area contributed by atoms with Gasteiger partial charge < -0.3 is 15.2 Å². The summed E-state index contributed by atoms with van der Waals surface area (Å²) < 4.78 is 42.0. The second-order valence-corrected chi connectivity index (χ2v) is 7.12. The molecule has 0 aromatic heterocycles. The van der Waals surface area contributed by atoms with E-state index in [1.165, 1.54) is 36.4 Å². The highest BCUT2D eigenvalue weighted by atomic mass is 35.5. The maximum Gasteiger partial charge on any atom is 0.573 e. The van der Waals surface area contributed by atoms with Crippen LogP contribution >= 0.6 is 11.6 Å². The van der Waals surface area contributed by atoms with Crippen molar-refractivity contribution in [2.24, 2.45) is 0 Å². The number of carbonyl (C=O) groups is 3. The first kappa shape index (κ1) is 22.4. The number of ether oxygens (including phenoxy) is 1. The minimum atomic E-state index is -4.88. The van der Waals surface area contributed by atoms with Gasteiger partial charge in [-0.1, -0.05) is 35.9 Å². The van der Waals surface area contributed by atoms with Crippen molar-refractivity contribution < 1.29 is 37.4 Å². The summed E-state index contributed by atoms with van der Waals surface area (Å²) in [6.07, 6.45) is -6.41. The summed E-state index contributed by atoms with van der Waals surface area (Å²) in [5.41, 5.74) is 0.522. The number of benzene rings is 2. The number of ketones is 1. The van der Waals surface area contributed by atoms with Crippen LogP contribution in [0.3, 0.4) is 0 Å². The average molecular weight is 457 g/mol. The minimum Gasteiger partial charge on any atom is -0.465 e. The number of para-hydroxylation sites is 1. The Morgan fingerprint density at radius 2 is 1.87 bits per heavy atom. The van der Waals surface area contributed by atoms with Crippen LogP contribution in [0.2, 0.25) is 5.02 Å². The molecule has 164 valence electrons. The van der Waals surface area contributed by atoms with Gasteiger partial charge in [0.15, 0.2) is 0 Å². The number of hydrogen-bond donors (Lipinski definition) is 2. The SMILES string of the molecule is O=C1CCN(C(=O)O)C(C(=O)Nc2ccc(-c3ccccc3OC(F)(F)F)c(Cl)c2)C1. The Bertz CT molecular complexity index is 1030. The number of hydrogen-bond acceptors (Lipinski definition) is 4. The Morgan fingerprint density at radius 3 is 2.52 bits per heavy atom. The standard InChI is InChI=1S/C20H16ClF3N2O5/c21-15-9-11(25-18(28)16-10-12(27)7-8-26(16)19(29)30)5-6-13(15)14-3-1-2-4-17(14)31-20(22,23)24/h1-6,9,16H,7-8,10H2,(H,25,28)(H,29,30). The van der Waals surface area contributed by atoms with Crippen LogP contribution in [0.1, 0.15) is 12.8 Å². The zero-order valence-electron chi connectivity index (χ0n) is 15.8. The number of nitrogens with zero attached hydrogens (tertiary/aromatic N) is 1. The fourth-order valence-electron chi connectivity index (χ4n) is 3.23. The number of alkyl halides is 3. The number of piperidine rings is 1. The molecule has 1 aliphatic heterocycles. The summed E-state index contributed by atoms with van der Waals surface area (Å²) in [7, 11) is 0. The van der Waals surface area contributed by atoms with Crippen LogP contribution in [0.15, 0.2) is 42.5 Å². The molecule has 1 aliphatic rings. The molecule has 0 bridgehead atoms. The van der Waals surface area contributed by atoms with E-state index in [1.54, 1.807) is 0 Å². The molecule has 1 unspecified atom stereocenters. The van der Waals surface area contributed by atoms with Gasteiger partial charge in [0.05, 0.1) is 5.02 Å². The zero-order chi connectivity index (χ0) is 22.8. The highest BCUT2D eigenvalue weighted by molar-refractivity contribution is 6.33. The maximum atomic E-state index is 12.7. The summed E-state index contributed by atoms with van der Waals surface area (Å²) in [4.78, 5) is 36.4. The molecule has 0 saturated carbocycles. The summed E-state index contributed by atoms with van der Waals surface area (Å²) in [5.74, 6) is -1.38. The topological polar surface area (TPSA) is 95.9 Å². The molecule has 2 aromatic rings. The van der Waals surface area contributed by atoms with Crippen molar-refractivity contribution in [3.8, 4) is 16.9 Å². The van der Waals surface area contributed by atoms with Gasteiger partial charge in [0.1, 0.15) is 17.6 Å². The van der Waals surface area contributed by atoms with Crippen molar-refractivity contribution in [2.45, 2.75) is 25.2 Å². The lowest BCUT2D eigenvalue weighted by atomic mass is 10.0. The van der Waals surface area contributed by atoms with Crippen LogP contribution in [0, 0.1) is 0 Å². The number of carbonyl (C=O) groups excluding carboxylic acids is 2. The summed E-state index contributed by atoms with van der Waals surface area (Å²) in [6, 6.07) is 8.39. The highest BCUT2D eigenvalue weighted by Gasteiger charge is 2.36. The van der Waals surface area contributed by atoms with E-state index < -0.39 is 30.2 Å². The summed E-state index contributed by atoms with van der Waals surface area (Å²) in [5, 5.41) is 11.8. The molecule has 2 aromatic carbocycles. The molecule has 1 saturated heterocycles. The monoisotopic (exact) mass is 456 g/mol. The van der Waals surface area contributed by atoms with Crippen molar-refractivity contribution in [3.63, 3.8) is 0 Å². The number of anilines is 1. The lowest BCUT2D eigenvalue weighted by molar-refractivity contribution is -0.274. The number of halogens is 4. The van der Waals surface area contributed by atoms with Crippen LogP contribution < -0.4 is 10.1 Å². The second-order valence-electron chi connectivity index (χ2n) is 6.71. The number of Topliss-reactive ketones (excluding diaryl/α,β-unsaturated/α-hetero) is 1. The molecule has 7 nitrogen and oxygen atoms in total. The molecular formula is C20H16ClF3N2O5. The smallest absolute Gasteiger partial charge is 0.465 e. The minimum absolute atomic E-state index is 0.0332. The van der Waals surface area contributed by atoms with E-state index in [4.69, 9.17) is 11.6 Å². The van der Waals surface area contributed by atoms with E-state index in [0.29, 0.717) is 0 Å². The van der Waals surface area contributed by atoms with Gasteiger partial charge in [-0.25, -0.2) is 4.79 Å². The fraction of sp³-hybridized carbons (Fsp3) is 0.250. The van der Waals surface area contributed by atoms with Crippen molar-refractivity contribution >= 4 is 35.1 Å². The first-order valence-corrected chi connectivity index (χ1v) is 9.40. The third-order valence-electron chi connectivity index (χ3n) is 4.62. The molecule has 2 amide bonds. The fourth-order valence-corrected chi connectivity index (χ4v) is 3.51. The molecular weight excluding hydrogens is 441 g/mol. The van der Waals surface area contributed by atoms with Crippen molar-refractivity contribution in [1.82, 2.24) is 4.90 Å². The lowest BCUT2D eigenvalue weighted by Gasteiger charge is -2.31. The van der Waals surface area contributed by atoms with E-state index in [-0.39, 0.29) is 47.0 Å². The van der Waals surface area contributed by atoms with Gasteiger partial charge in [0, 0.05) is 36.2 Å². The number of likely N-dealkylation sites (tertiary alicyclic amines) is 1. The third-order valence-corrected chi connectivity index (χ3v) is 4.93.